The Morgan fingerprint density at radius 3 is 2.38 bits per heavy atom. The van der Waals surface area contributed by atoms with Gasteiger partial charge in [0.1, 0.15) is 11.5 Å². The summed E-state index contributed by atoms with van der Waals surface area (Å²) in [5, 5.41) is 24.4. The third-order valence-electron chi connectivity index (χ3n) is 9.31. The number of amides is 2. The highest BCUT2D eigenvalue weighted by atomic mass is 19.4. The van der Waals surface area contributed by atoms with Crippen molar-refractivity contribution in [1.29, 1.82) is 0 Å². The van der Waals surface area contributed by atoms with E-state index in [0.717, 1.165) is 0 Å². The summed E-state index contributed by atoms with van der Waals surface area (Å²) in [6.45, 7) is 1.30. The van der Waals surface area contributed by atoms with Crippen LogP contribution in [-0.2, 0) is 36.9 Å². The Hall–Kier alpha value is -4.63. The van der Waals surface area contributed by atoms with Crippen molar-refractivity contribution < 1.29 is 56.9 Å². The summed E-state index contributed by atoms with van der Waals surface area (Å²) >= 11 is 0. The van der Waals surface area contributed by atoms with Gasteiger partial charge >= 0.3 is 12.1 Å². The van der Waals surface area contributed by atoms with E-state index in [1.165, 1.54) is 43.3 Å². The van der Waals surface area contributed by atoms with E-state index in [1.807, 2.05) is 5.32 Å². The second kappa shape index (κ2) is 11.9. The van der Waals surface area contributed by atoms with Crippen LogP contribution >= 0.6 is 0 Å². The van der Waals surface area contributed by atoms with Crippen LogP contribution in [-0.4, -0.2) is 88.6 Å². The first kappa shape index (κ1) is 33.7. The molecule has 0 radical (unpaired) electrons. The van der Waals surface area contributed by atoms with E-state index in [9.17, 15) is 52.2 Å². The van der Waals surface area contributed by atoms with Crippen molar-refractivity contribution in [3.63, 3.8) is 0 Å². The number of primary amides is 1. The van der Waals surface area contributed by atoms with Crippen LogP contribution in [0.25, 0.3) is 11.1 Å². The summed E-state index contributed by atoms with van der Waals surface area (Å²) in [5.74, 6) is -13.9. The number of ketones is 4. The van der Waals surface area contributed by atoms with Gasteiger partial charge < -0.3 is 26.0 Å². The first-order valence-corrected chi connectivity index (χ1v) is 14.8. The first-order valence-electron chi connectivity index (χ1n) is 14.8. The maximum atomic E-state index is 14.0. The lowest BCUT2D eigenvalue weighted by molar-refractivity contribution is -0.181. The van der Waals surface area contributed by atoms with Crippen molar-refractivity contribution in [3.8, 4) is 22.6 Å². The number of nitrogens with two attached hydrogens (primary N) is 1. The number of aliphatic hydroxyl groups is 1. The molecule has 0 spiro atoms. The van der Waals surface area contributed by atoms with Crippen LogP contribution in [0.2, 0.25) is 0 Å². The summed E-state index contributed by atoms with van der Waals surface area (Å²) < 4.78 is 44.1. The summed E-state index contributed by atoms with van der Waals surface area (Å²) in [6, 6.07) is 5.97. The van der Waals surface area contributed by atoms with Crippen LogP contribution in [0.1, 0.15) is 34.8 Å². The Kier molecular flexibility index (Phi) is 8.52. The van der Waals surface area contributed by atoms with Crippen molar-refractivity contribution in [3.05, 3.63) is 47.0 Å². The number of phenols is 1. The highest BCUT2D eigenvalue weighted by Crippen LogP contribution is 2.52. The lowest BCUT2D eigenvalue weighted by atomic mass is 9.52. The Balaban J connectivity index is 1.59. The van der Waals surface area contributed by atoms with Crippen molar-refractivity contribution in [2.45, 2.75) is 44.1 Å². The minimum atomic E-state index is -5.11. The molecular formula is C32H32F3N3O9. The number of alkyl halides is 3. The lowest BCUT2D eigenvalue weighted by Crippen LogP contribution is -2.74. The first-order chi connectivity index (χ1) is 21.9. The van der Waals surface area contributed by atoms with Crippen LogP contribution in [0.5, 0.6) is 11.5 Å². The molecule has 15 heteroatoms. The molecule has 0 aromatic heterocycles. The Morgan fingerprint density at radius 1 is 1.11 bits per heavy atom. The number of benzene rings is 2. The largest absolute Gasteiger partial charge is 0.507 e. The van der Waals surface area contributed by atoms with Gasteiger partial charge in [0.15, 0.2) is 34.7 Å². The number of nitrogens with zero attached hydrogens (tertiary/aromatic N) is 1. The van der Waals surface area contributed by atoms with E-state index in [0.29, 0.717) is 16.7 Å². The number of ether oxygens (including phenoxy) is 1. The molecule has 0 heterocycles. The van der Waals surface area contributed by atoms with Crippen molar-refractivity contribution >= 4 is 34.9 Å². The molecule has 2 aromatic carbocycles. The van der Waals surface area contributed by atoms with E-state index < -0.39 is 88.7 Å². The lowest BCUT2D eigenvalue weighted by Gasteiger charge is -2.52. The number of hydrogen-bond donors (Lipinski definition) is 4. The highest BCUT2D eigenvalue weighted by Gasteiger charge is 2.69. The number of halogens is 3. The van der Waals surface area contributed by atoms with Gasteiger partial charge in [0.2, 0.25) is 5.91 Å². The molecule has 250 valence electrons. The summed E-state index contributed by atoms with van der Waals surface area (Å²) in [6.07, 6.45) is -5.29. The molecule has 3 aliphatic rings. The van der Waals surface area contributed by atoms with Gasteiger partial charge in [0.25, 0.3) is 0 Å². The molecule has 47 heavy (non-hydrogen) atoms. The number of Topliss-reactive ketones (excluding diaryl/α,β-unsaturated/α-hetero) is 4. The van der Waals surface area contributed by atoms with E-state index in [2.05, 4.69) is 0 Å². The molecule has 2 saturated carbocycles. The average molecular weight is 660 g/mol. The highest BCUT2D eigenvalue weighted by molar-refractivity contribution is 6.32. The maximum absolute atomic E-state index is 14.0. The molecule has 6 atom stereocenters. The fourth-order valence-electron chi connectivity index (χ4n) is 7.33. The summed E-state index contributed by atoms with van der Waals surface area (Å²) in [7, 11) is 2.96. The zero-order valence-corrected chi connectivity index (χ0v) is 25.5. The minimum Gasteiger partial charge on any atom is -0.507 e. The molecule has 3 unspecified atom stereocenters. The normalized spacial score (nSPS) is 27.2. The average Bonchev–Trinajstić information content (AvgIpc) is 2.97. The molecule has 3 aliphatic carbocycles. The van der Waals surface area contributed by atoms with Gasteiger partial charge in [0.05, 0.1) is 24.1 Å². The molecule has 5 rings (SSSR count). The van der Waals surface area contributed by atoms with E-state index in [4.69, 9.17) is 10.5 Å². The van der Waals surface area contributed by atoms with E-state index in [1.54, 1.807) is 13.0 Å². The van der Waals surface area contributed by atoms with E-state index >= 15 is 0 Å². The van der Waals surface area contributed by atoms with Crippen LogP contribution in [0, 0.1) is 23.7 Å². The molecule has 0 saturated heterocycles. The maximum Gasteiger partial charge on any atom is 0.471 e. The van der Waals surface area contributed by atoms with Gasteiger partial charge in [-0.05, 0) is 74.7 Å². The number of hydrogen-bond acceptors (Lipinski definition) is 10. The van der Waals surface area contributed by atoms with E-state index in [-0.39, 0.29) is 36.3 Å². The van der Waals surface area contributed by atoms with Crippen molar-refractivity contribution in [2.24, 2.45) is 29.4 Å². The number of carbonyl (C=O) groups excluding carboxylic acids is 6. The smallest absolute Gasteiger partial charge is 0.471 e. The number of phenolic OH excluding ortho intramolecular Hbond substituents is 1. The predicted octanol–water partition coefficient (Wildman–Crippen LogP) is 1.11. The number of likely N-dealkylation sites (N-methyl/N-ethyl adjacent to an activating group) is 1. The minimum absolute atomic E-state index is 0.0249. The predicted molar refractivity (Wildman–Crippen MR) is 156 cm³/mol. The zero-order valence-electron chi connectivity index (χ0n) is 25.5. The summed E-state index contributed by atoms with van der Waals surface area (Å²) in [4.78, 5) is 79.8. The molecule has 0 aliphatic heterocycles. The van der Waals surface area contributed by atoms with Crippen molar-refractivity contribution in [1.82, 2.24) is 10.2 Å². The fourth-order valence-corrected chi connectivity index (χ4v) is 7.33. The van der Waals surface area contributed by atoms with Gasteiger partial charge in [-0.2, -0.15) is 13.2 Å². The quantitative estimate of drug-likeness (QED) is 0.313. The molecule has 2 amide bonds. The SMILES string of the molecule is CCOc1ccc(-c2ccc(O)c3c2C[C@@H]2C[C@@H]4C(N(C)C)C(=O)C(C(N)=O)C(=O)[C@]4(O)C(=O)C2C3=O)cc1CNC(=O)C(F)(F)F. The molecule has 5 N–H and O–H groups in total. The second-order valence-electron chi connectivity index (χ2n) is 12.2. The topological polar surface area (TPSA) is 193 Å². The number of rotatable bonds is 7. The third-order valence-corrected chi connectivity index (χ3v) is 9.31. The van der Waals surface area contributed by atoms with Crippen LogP contribution in [0.15, 0.2) is 30.3 Å². The van der Waals surface area contributed by atoms with Gasteiger partial charge in [-0.15, -0.1) is 0 Å². The number of aromatic hydroxyl groups is 1. The Bertz CT molecular complexity index is 1720. The number of nitrogens with one attached hydrogen (secondary N) is 1. The standard InChI is InChI=1S/C32H32F3N3O9/c1-4-47-20-8-5-13(9-15(20)12-37-30(45)32(33,34)35)16-6-7-19(39)22-17(16)10-14-11-18-24(38(2)3)26(41)23(29(36)44)28(43)31(18,46)27(42)21(14)25(22)40/h5-9,14,18,21,23-24,39,46H,4,10-12H2,1-3H3,(H2,36,44)(H,37,45)/t14-,18-,21?,23?,24?,31-/m1/s1. The molecule has 2 aromatic rings. The molecule has 2 fully saturated rings. The molecule has 0 bridgehead atoms. The van der Waals surface area contributed by atoms with Gasteiger partial charge in [-0.1, -0.05) is 12.1 Å². The van der Waals surface area contributed by atoms with Crippen LogP contribution < -0.4 is 15.8 Å². The fraction of sp³-hybridized carbons (Fsp3) is 0.438. The van der Waals surface area contributed by atoms with Gasteiger partial charge in [-0.25, -0.2) is 0 Å². The molecule has 12 nitrogen and oxygen atoms in total. The van der Waals surface area contributed by atoms with Gasteiger partial charge in [0, 0.05) is 18.0 Å². The number of carbonyl (C=O) groups is 6. The summed E-state index contributed by atoms with van der Waals surface area (Å²) in [5.41, 5.74) is 3.51. The van der Waals surface area contributed by atoms with Crippen molar-refractivity contribution in [2.75, 3.05) is 20.7 Å². The van der Waals surface area contributed by atoms with Crippen LogP contribution in [0.4, 0.5) is 13.2 Å². The number of fused-ring (bicyclic) bond motifs is 3. The zero-order chi connectivity index (χ0) is 34.7. The third kappa shape index (κ3) is 5.36. The Morgan fingerprint density at radius 2 is 1.79 bits per heavy atom. The monoisotopic (exact) mass is 659 g/mol. The Labute approximate surface area is 266 Å². The van der Waals surface area contributed by atoms with Crippen LogP contribution in [0.3, 0.4) is 0 Å². The molecular weight excluding hydrogens is 627 g/mol. The second-order valence-corrected chi connectivity index (χ2v) is 12.2. The van der Waals surface area contributed by atoms with Gasteiger partial charge in [-0.3, -0.25) is 33.7 Å².